The van der Waals surface area contributed by atoms with Crippen LogP contribution in [0.2, 0.25) is 0 Å². The number of morpholine rings is 1. The SMILES string of the molecule is CC(C)N[C@H]1CCN(C2CN(C(C)C)C3CNCC3O2)C[C@@H]1C. The van der Waals surface area contributed by atoms with Crippen LogP contribution in [0.1, 0.15) is 41.0 Å². The van der Waals surface area contributed by atoms with E-state index in [1.165, 1.54) is 6.42 Å². The lowest BCUT2D eigenvalue weighted by Crippen LogP contribution is -2.63. The average Bonchev–Trinajstić information content (AvgIpc) is 2.96. The molecule has 0 amide bonds. The second-order valence-corrected chi connectivity index (χ2v) is 8.33. The lowest BCUT2D eigenvalue weighted by Gasteiger charge is -2.49. The number of nitrogens with zero attached hydrogens (tertiary/aromatic N) is 2. The monoisotopic (exact) mass is 324 g/mol. The highest BCUT2D eigenvalue weighted by Crippen LogP contribution is 2.28. The fourth-order valence-corrected chi connectivity index (χ4v) is 4.58. The van der Waals surface area contributed by atoms with E-state index < -0.39 is 0 Å². The molecule has 2 N–H and O–H groups in total. The van der Waals surface area contributed by atoms with Gasteiger partial charge in [0.1, 0.15) is 6.23 Å². The Morgan fingerprint density at radius 3 is 2.57 bits per heavy atom. The Morgan fingerprint density at radius 2 is 1.91 bits per heavy atom. The van der Waals surface area contributed by atoms with Gasteiger partial charge < -0.3 is 15.4 Å². The smallest absolute Gasteiger partial charge is 0.124 e. The van der Waals surface area contributed by atoms with Gasteiger partial charge in [-0.1, -0.05) is 20.8 Å². The molecule has 0 aromatic carbocycles. The minimum atomic E-state index is 0.265. The van der Waals surface area contributed by atoms with E-state index >= 15 is 0 Å². The lowest BCUT2D eigenvalue weighted by molar-refractivity contribution is -0.176. The van der Waals surface area contributed by atoms with E-state index in [2.05, 4.69) is 55.1 Å². The third-order valence-corrected chi connectivity index (χ3v) is 5.81. The molecule has 0 spiro atoms. The number of piperidine rings is 1. The van der Waals surface area contributed by atoms with Crippen LogP contribution in [0.4, 0.5) is 0 Å². The molecule has 0 saturated carbocycles. The predicted octanol–water partition coefficient (Wildman–Crippen LogP) is 1.10. The Balaban J connectivity index is 1.61. The Morgan fingerprint density at radius 1 is 1.13 bits per heavy atom. The summed E-state index contributed by atoms with van der Waals surface area (Å²) in [4.78, 5) is 5.25. The Hall–Kier alpha value is -0.200. The molecule has 5 atom stereocenters. The fraction of sp³-hybridized carbons (Fsp3) is 1.00. The van der Waals surface area contributed by atoms with Gasteiger partial charge in [0.25, 0.3) is 0 Å². The lowest BCUT2D eigenvalue weighted by atomic mass is 9.92. The van der Waals surface area contributed by atoms with Crippen LogP contribution < -0.4 is 10.6 Å². The van der Waals surface area contributed by atoms with Crippen LogP contribution in [0.15, 0.2) is 0 Å². The van der Waals surface area contributed by atoms with Crippen LogP contribution in [-0.4, -0.2) is 79.0 Å². The zero-order chi connectivity index (χ0) is 16.6. The Kier molecular flexibility index (Phi) is 5.64. The molecule has 0 aliphatic carbocycles. The quantitative estimate of drug-likeness (QED) is 0.810. The van der Waals surface area contributed by atoms with Gasteiger partial charge in [-0.25, -0.2) is 0 Å². The van der Waals surface area contributed by atoms with E-state index in [9.17, 15) is 0 Å². The van der Waals surface area contributed by atoms with Crippen molar-refractivity contribution in [1.29, 1.82) is 0 Å². The van der Waals surface area contributed by atoms with Gasteiger partial charge in [-0.2, -0.15) is 0 Å². The van der Waals surface area contributed by atoms with Crippen molar-refractivity contribution < 1.29 is 4.74 Å². The van der Waals surface area contributed by atoms with Crippen LogP contribution >= 0.6 is 0 Å². The average molecular weight is 325 g/mol. The van der Waals surface area contributed by atoms with E-state index in [1.54, 1.807) is 0 Å². The molecule has 3 heterocycles. The first-order chi connectivity index (χ1) is 11.0. The largest absolute Gasteiger partial charge is 0.356 e. The van der Waals surface area contributed by atoms with Crippen LogP contribution in [-0.2, 0) is 4.74 Å². The van der Waals surface area contributed by atoms with Crippen molar-refractivity contribution in [1.82, 2.24) is 20.4 Å². The van der Waals surface area contributed by atoms with E-state index in [1.807, 2.05) is 0 Å². The summed E-state index contributed by atoms with van der Waals surface area (Å²) < 4.78 is 6.50. The van der Waals surface area contributed by atoms with Crippen LogP contribution in [0, 0.1) is 5.92 Å². The van der Waals surface area contributed by atoms with Crippen LogP contribution in [0.3, 0.4) is 0 Å². The first kappa shape index (κ1) is 17.6. The van der Waals surface area contributed by atoms with Gasteiger partial charge in [-0.05, 0) is 26.2 Å². The van der Waals surface area contributed by atoms with Gasteiger partial charge in [-0.15, -0.1) is 0 Å². The number of ether oxygens (including phenoxy) is 1. The van der Waals surface area contributed by atoms with Crippen molar-refractivity contribution in [3.05, 3.63) is 0 Å². The normalized spacial score (nSPS) is 40.0. The second kappa shape index (κ2) is 7.36. The molecule has 3 saturated heterocycles. The summed E-state index contributed by atoms with van der Waals surface area (Å²) in [6, 6.07) is 2.37. The summed E-state index contributed by atoms with van der Waals surface area (Å²) >= 11 is 0. The third kappa shape index (κ3) is 3.90. The molecule has 0 bridgehead atoms. The van der Waals surface area contributed by atoms with Crippen molar-refractivity contribution in [2.75, 3.05) is 32.7 Å². The molecule has 23 heavy (non-hydrogen) atoms. The second-order valence-electron chi connectivity index (χ2n) is 8.33. The minimum Gasteiger partial charge on any atom is -0.356 e. The molecule has 3 rings (SSSR count). The highest BCUT2D eigenvalue weighted by molar-refractivity contribution is 4.97. The highest BCUT2D eigenvalue weighted by Gasteiger charge is 2.43. The standard InChI is InChI=1S/C18H36N4O/c1-12(2)20-15-6-7-21(10-14(15)5)18-11-22(13(3)4)16-8-19-9-17(16)23-18/h12-20H,6-11H2,1-5H3/t14-,15-,16?,17?,18?/m0/s1. The minimum absolute atomic E-state index is 0.265. The molecule has 134 valence electrons. The molecule has 5 nitrogen and oxygen atoms in total. The number of fused-ring (bicyclic) bond motifs is 1. The molecule has 3 aliphatic rings. The summed E-state index contributed by atoms with van der Waals surface area (Å²) in [5, 5.41) is 7.25. The van der Waals surface area contributed by atoms with E-state index in [0.29, 0.717) is 36.2 Å². The van der Waals surface area contributed by atoms with E-state index in [0.717, 1.165) is 32.7 Å². The fourth-order valence-electron chi connectivity index (χ4n) is 4.58. The molecular formula is C18H36N4O. The zero-order valence-electron chi connectivity index (χ0n) is 15.6. The van der Waals surface area contributed by atoms with Crippen molar-refractivity contribution in [3.8, 4) is 0 Å². The maximum absolute atomic E-state index is 6.50. The molecule has 3 aliphatic heterocycles. The van der Waals surface area contributed by atoms with Gasteiger partial charge >= 0.3 is 0 Å². The zero-order valence-corrected chi connectivity index (χ0v) is 15.6. The summed E-state index contributed by atoms with van der Waals surface area (Å²) in [5.74, 6) is 0.682. The number of rotatable bonds is 4. The predicted molar refractivity (Wildman–Crippen MR) is 94.6 cm³/mol. The van der Waals surface area contributed by atoms with Gasteiger partial charge in [0, 0.05) is 50.8 Å². The molecule has 5 heteroatoms. The topological polar surface area (TPSA) is 39.8 Å². The van der Waals surface area contributed by atoms with Gasteiger partial charge in [0.15, 0.2) is 0 Å². The molecule has 3 unspecified atom stereocenters. The maximum atomic E-state index is 6.50. The van der Waals surface area contributed by atoms with E-state index in [-0.39, 0.29) is 6.23 Å². The van der Waals surface area contributed by atoms with Crippen LogP contribution in [0.25, 0.3) is 0 Å². The molecule has 3 fully saturated rings. The number of likely N-dealkylation sites (tertiary alicyclic amines) is 1. The Bertz CT molecular complexity index is 389. The van der Waals surface area contributed by atoms with Crippen LogP contribution in [0.5, 0.6) is 0 Å². The molecule has 0 aromatic heterocycles. The van der Waals surface area contributed by atoms with Gasteiger partial charge in [0.2, 0.25) is 0 Å². The summed E-state index contributed by atoms with van der Waals surface area (Å²) in [6.45, 7) is 16.9. The molecule has 0 aromatic rings. The summed E-state index contributed by atoms with van der Waals surface area (Å²) in [6.07, 6.45) is 1.85. The molecule has 0 radical (unpaired) electrons. The number of hydrogen-bond donors (Lipinski definition) is 2. The van der Waals surface area contributed by atoms with Crippen molar-refractivity contribution in [3.63, 3.8) is 0 Å². The van der Waals surface area contributed by atoms with Crippen molar-refractivity contribution in [2.45, 2.75) is 77.5 Å². The molecular weight excluding hydrogens is 288 g/mol. The Labute approximate surface area is 142 Å². The number of hydrogen-bond acceptors (Lipinski definition) is 5. The first-order valence-electron chi connectivity index (χ1n) is 9.57. The maximum Gasteiger partial charge on any atom is 0.124 e. The van der Waals surface area contributed by atoms with Gasteiger partial charge in [-0.3, -0.25) is 9.80 Å². The van der Waals surface area contributed by atoms with Crippen molar-refractivity contribution in [2.24, 2.45) is 5.92 Å². The highest BCUT2D eigenvalue weighted by atomic mass is 16.5. The number of nitrogens with one attached hydrogen (secondary N) is 2. The van der Waals surface area contributed by atoms with Crippen molar-refractivity contribution >= 4 is 0 Å². The summed E-state index contributed by atoms with van der Waals surface area (Å²) in [7, 11) is 0. The third-order valence-electron chi connectivity index (χ3n) is 5.81. The van der Waals surface area contributed by atoms with Gasteiger partial charge in [0.05, 0.1) is 12.1 Å². The first-order valence-corrected chi connectivity index (χ1v) is 9.57. The van der Waals surface area contributed by atoms with E-state index in [4.69, 9.17) is 4.74 Å². The summed E-state index contributed by atoms with van der Waals surface area (Å²) in [5.41, 5.74) is 0.